The van der Waals surface area contributed by atoms with E-state index in [1.54, 1.807) is 25.2 Å². The molecule has 0 radical (unpaired) electrons. The smallest absolute Gasteiger partial charge is 0.287 e. The van der Waals surface area contributed by atoms with Crippen molar-refractivity contribution >= 4 is 11.9 Å². The van der Waals surface area contributed by atoms with Crippen LogP contribution in [0.5, 0.6) is 0 Å². The zero-order valence-electron chi connectivity index (χ0n) is 15.1. The van der Waals surface area contributed by atoms with Gasteiger partial charge in [0.05, 0.1) is 6.26 Å². The van der Waals surface area contributed by atoms with Crippen LogP contribution in [0, 0.1) is 12.7 Å². The zero-order valence-corrected chi connectivity index (χ0v) is 15.1. The van der Waals surface area contributed by atoms with E-state index >= 15 is 0 Å². The highest BCUT2D eigenvalue weighted by atomic mass is 19.1. The van der Waals surface area contributed by atoms with Crippen molar-refractivity contribution in [1.29, 1.82) is 0 Å². The van der Waals surface area contributed by atoms with E-state index in [0.717, 1.165) is 24.0 Å². The Labute approximate surface area is 152 Å². The maximum absolute atomic E-state index is 12.9. The van der Waals surface area contributed by atoms with Crippen molar-refractivity contribution in [1.82, 2.24) is 16.0 Å². The number of rotatable bonds is 8. The van der Waals surface area contributed by atoms with Crippen molar-refractivity contribution in [3.8, 4) is 0 Å². The molecule has 0 atom stereocenters. The van der Waals surface area contributed by atoms with E-state index in [1.807, 2.05) is 6.92 Å². The van der Waals surface area contributed by atoms with Gasteiger partial charge in [0, 0.05) is 32.2 Å². The molecule has 0 unspecified atom stereocenters. The molecule has 0 bridgehead atoms. The first kappa shape index (κ1) is 19.5. The van der Waals surface area contributed by atoms with Crippen LogP contribution in [-0.4, -0.2) is 38.5 Å². The number of carbonyl (C=O) groups is 1. The lowest BCUT2D eigenvalue weighted by atomic mass is 10.1. The summed E-state index contributed by atoms with van der Waals surface area (Å²) in [4.78, 5) is 16.0. The predicted octanol–water partition coefficient (Wildman–Crippen LogP) is 2.25. The topological polar surface area (TPSA) is 78.7 Å². The molecule has 0 aliphatic carbocycles. The molecule has 2 rings (SSSR count). The van der Waals surface area contributed by atoms with Crippen molar-refractivity contribution in [3.05, 3.63) is 59.3 Å². The van der Waals surface area contributed by atoms with Gasteiger partial charge in [-0.05, 0) is 43.5 Å². The monoisotopic (exact) mass is 360 g/mol. The summed E-state index contributed by atoms with van der Waals surface area (Å²) in [5.41, 5.74) is 1.89. The molecule has 1 aromatic carbocycles. The van der Waals surface area contributed by atoms with E-state index in [1.165, 1.54) is 18.4 Å². The number of furan rings is 1. The summed E-state index contributed by atoms with van der Waals surface area (Å²) < 4.78 is 18.0. The molecule has 0 fully saturated rings. The number of nitrogens with one attached hydrogen (secondary N) is 3. The fourth-order valence-corrected chi connectivity index (χ4v) is 2.38. The third-order valence-electron chi connectivity index (χ3n) is 3.84. The minimum atomic E-state index is -0.228. The number of amides is 1. The molecule has 140 valence electrons. The highest BCUT2D eigenvalue weighted by Gasteiger charge is 2.11. The van der Waals surface area contributed by atoms with Crippen LogP contribution in [0.1, 0.15) is 28.1 Å². The number of nitrogens with zero attached hydrogens (tertiary/aromatic N) is 1. The number of halogens is 1. The second-order valence-corrected chi connectivity index (χ2v) is 5.84. The maximum atomic E-state index is 12.9. The summed E-state index contributed by atoms with van der Waals surface area (Å²) in [5, 5.41) is 9.22. The number of benzene rings is 1. The molecule has 1 aromatic heterocycles. The van der Waals surface area contributed by atoms with Gasteiger partial charge in [-0.25, -0.2) is 4.39 Å². The van der Waals surface area contributed by atoms with E-state index < -0.39 is 0 Å². The van der Waals surface area contributed by atoms with Gasteiger partial charge in [-0.15, -0.1) is 0 Å². The number of guanidine groups is 1. The number of hydrogen-bond acceptors (Lipinski definition) is 3. The lowest BCUT2D eigenvalue weighted by Crippen LogP contribution is -2.39. The summed E-state index contributed by atoms with van der Waals surface area (Å²) >= 11 is 0. The van der Waals surface area contributed by atoms with Gasteiger partial charge in [0.2, 0.25) is 0 Å². The van der Waals surface area contributed by atoms with Gasteiger partial charge in [0.25, 0.3) is 5.91 Å². The second-order valence-electron chi connectivity index (χ2n) is 5.84. The molecule has 0 aliphatic rings. The standard InChI is InChI=1S/C19H25FN4O2/c1-14-9-13-26-17(14)18(25)22-10-3-11-23-19(21-2)24-12-8-15-4-6-16(20)7-5-15/h4-7,9,13H,3,8,10-12H2,1-2H3,(H,22,25)(H2,21,23,24). The molecular weight excluding hydrogens is 335 g/mol. The fraction of sp³-hybridized carbons (Fsp3) is 0.368. The average Bonchev–Trinajstić information content (AvgIpc) is 3.07. The van der Waals surface area contributed by atoms with Crippen LogP contribution in [0.25, 0.3) is 0 Å². The molecule has 0 aliphatic heterocycles. The first-order valence-electron chi connectivity index (χ1n) is 8.61. The maximum Gasteiger partial charge on any atom is 0.287 e. The Morgan fingerprint density at radius 3 is 2.42 bits per heavy atom. The average molecular weight is 360 g/mol. The first-order chi connectivity index (χ1) is 12.6. The Hall–Kier alpha value is -2.83. The van der Waals surface area contributed by atoms with Crippen LogP contribution in [0.4, 0.5) is 4.39 Å². The van der Waals surface area contributed by atoms with Gasteiger partial charge in [-0.1, -0.05) is 12.1 Å². The molecule has 0 spiro atoms. The highest BCUT2D eigenvalue weighted by molar-refractivity contribution is 5.92. The minimum absolute atomic E-state index is 0.200. The van der Waals surface area contributed by atoms with Gasteiger partial charge in [0.1, 0.15) is 5.82 Å². The molecule has 0 saturated carbocycles. The number of aryl methyl sites for hydroxylation is 1. The van der Waals surface area contributed by atoms with Crippen LogP contribution < -0.4 is 16.0 Å². The SMILES string of the molecule is CN=C(NCCCNC(=O)c1occc1C)NCCc1ccc(F)cc1. The second kappa shape index (κ2) is 10.2. The lowest BCUT2D eigenvalue weighted by Gasteiger charge is -2.12. The van der Waals surface area contributed by atoms with E-state index in [0.29, 0.717) is 31.4 Å². The van der Waals surface area contributed by atoms with Crippen molar-refractivity contribution in [3.63, 3.8) is 0 Å². The quantitative estimate of drug-likeness (QED) is 0.383. The van der Waals surface area contributed by atoms with Crippen molar-refractivity contribution in [2.24, 2.45) is 4.99 Å². The van der Waals surface area contributed by atoms with E-state index in [4.69, 9.17) is 4.42 Å². The molecule has 7 heteroatoms. The van der Waals surface area contributed by atoms with Crippen molar-refractivity contribution < 1.29 is 13.6 Å². The number of aliphatic imine (C=N–C) groups is 1. The van der Waals surface area contributed by atoms with Crippen LogP contribution in [-0.2, 0) is 6.42 Å². The van der Waals surface area contributed by atoms with Crippen molar-refractivity contribution in [2.75, 3.05) is 26.7 Å². The van der Waals surface area contributed by atoms with Gasteiger partial charge in [-0.2, -0.15) is 0 Å². The lowest BCUT2D eigenvalue weighted by molar-refractivity contribution is 0.0925. The van der Waals surface area contributed by atoms with Gasteiger partial charge in [-0.3, -0.25) is 9.79 Å². The van der Waals surface area contributed by atoms with Crippen LogP contribution in [0.3, 0.4) is 0 Å². The van der Waals surface area contributed by atoms with Crippen LogP contribution >= 0.6 is 0 Å². The Morgan fingerprint density at radius 1 is 1.08 bits per heavy atom. The van der Waals surface area contributed by atoms with Crippen LogP contribution in [0.2, 0.25) is 0 Å². The highest BCUT2D eigenvalue weighted by Crippen LogP contribution is 2.07. The Bertz CT molecular complexity index is 725. The Kier molecular flexibility index (Phi) is 7.67. The van der Waals surface area contributed by atoms with Crippen molar-refractivity contribution in [2.45, 2.75) is 19.8 Å². The summed E-state index contributed by atoms with van der Waals surface area (Å²) in [5.74, 6) is 0.624. The fourth-order valence-electron chi connectivity index (χ4n) is 2.38. The van der Waals surface area contributed by atoms with Gasteiger partial charge in [0.15, 0.2) is 11.7 Å². The van der Waals surface area contributed by atoms with Gasteiger partial charge >= 0.3 is 0 Å². The molecular formula is C19H25FN4O2. The number of hydrogen-bond donors (Lipinski definition) is 3. The molecule has 3 N–H and O–H groups in total. The van der Waals surface area contributed by atoms with E-state index in [2.05, 4.69) is 20.9 Å². The molecule has 1 heterocycles. The zero-order chi connectivity index (χ0) is 18.8. The Morgan fingerprint density at radius 2 is 1.77 bits per heavy atom. The summed E-state index contributed by atoms with van der Waals surface area (Å²) in [7, 11) is 1.70. The first-order valence-corrected chi connectivity index (χ1v) is 8.61. The third kappa shape index (κ3) is 6.23. The summed E-state index contributed by atoms with van der Waals surface area (Å²) in [6.45, 7) is 3.74. The summed E-state index contributed by atoms with van der Waals surface area (Å²) in [6, 6.07) is 8.23. The largest absolute Gasteiger partial charge is 0.459 e. The normalized spacial score (nSPS) is 11.3. The Balaban J connectivity index is 1.59. The molecule has 26 heavy (non-hydrogen) atoms. The molecule has 1 amide bonds. The number of carbonyl (C=O) groups excluding carboxylic acids is 1. The van der Waals surface area contributed by atoms with E-state index in [9.17, 15) is 9.18 Å². The molecule has 2 aromatic rings. The van der Waals surface area contributed by atoms with Crippen LogP contribution in [0.15, 0.2) is 46.0 Å². The third-order valence-corrected chi connectivity index (χ3v) is 3.84. The predicted molar refractivity (Wildman–Crippen MR) is 99.9 cm³/mol. The van der Waals surface area contributed by atoms with Gasteiger partial charge < -0.3 is 20.4 Å². The molecule has 0 saturated heterocycles. The minimum Gasteiger partial charge on any atom is -0.459 e. The molecule has 6 nitrogen and oxygen atoms in total. The van der Waals surface area contributed by atoms with E-state index in [-0.39, 0.29) is 11.7 Å². The summed E-state index contributed by atoms with van der Waals surface area (Å²) in [6.07, 6.45) is 3.04.